The molecule has 0 aliphatic carbocycles. The number of methoxy groups -OCH3 is 2. The van der Waals surface area contributed by atoms with Crippen molar-refractivity contribution in [2.45, 2.75) is 38.6 Å². The highest BCUT2D eigenvalue weighted by atomic mass is 32.2. The average molecular weight is 498 g/mol. The van der Waals surface area contributed by atoms with Gasteiger partial charge in [0.15, 0.2) is 11.5 Å². The Labute approximate surface area is 199 Å². The maximum atomic E-state index is 13.1. The molecule has 0 aromatic heterocycles. The number of thioether (sulfide) groups is 1. The molecule has 0 spiro atoms. The molecule has 1 fully saturated rings. The van der Waals surface area contributed by atoms with Crippen LogP contribution in [0.3, 0.4) is 0 Å². The molecule has 1 aliphatic rings. The molecule has 0 radical (unpaired) electrons. The molecule has 1 aromatic carbocycles. The Bertz CT molecular complexity index is 980. The molecule has 0 bridgehead atoms. The minimum absolute atomic E-state index is 0.0946. The summed E-state index contributed by atoms with van der Waals surface area (Å²) in [5.41, 5.74) is 0.501. The smallest absolute Gasteiger partial charge is 0.308 e. The van der Waals surface area contributed by atoms with Crippen LogP contribution in [0.25, 0.3) is 6.08 Å². The molecule has 0 saturated carbocycles. The number of ether oxygens (including phenoxy) is 3. The van der Waals surface area contributed by atoms with Crippen LogP contribution < -0.4 is 14.2 Å². The van der Waals surface area contributed by atoms with Gasteiger partial charge in [-0.15, -0.1) is 0 Å². The average Bonchev–Trinajstić information content (AvgIpc) is 2.99. The third-order valence-electron chi connectivity index (χ3n) is 4.55. The molecule has 2 N–H and O–H groups in total. The molecule has 1 aliphatic heterocycles. The van der Waals surface area contributed by atoms with Gasteiger partial charge in [-0.2, -0.15) is 0 Å². The van der Waals surface area contributed by atoms with Gasteiger partial charge in [-0.3, -0.25) is 24.1 Å². The van der Waals surface area contributed by atoms with Crippen LogP contribution in [0.1, 0.15) is 38.2 Å². The van der Waals surface area contributed by atoms with E-state index in [1.807, 2.05) is 0 Å². The number of carboxylic acids is 2. The number of aliphatic carboxylic acids is 2. The van der Waals surface area contributed by atoms with Crippen LogP contribution >= 0.6 is 24.0 Å². The van der Waals surface area contributed by atoms with Crippen molar-refractivity contribution < 1.29 is 43.6 Å². The van der Waals surface area contributed by atoms with Crippen LogP contribution in [0.5, 0.6) is 17.2 Å². The first-order valence-electron chi connectivity index (χ1n) is 9.72. The molecule has 1 heterocycles. The van der Waals surface area contributed by atoms with Crippen molar-refractivity contribution in [3.63, 3.8) is 0 Å². The lowest BCUT2D eigenvalue weighted by Crippen LogP contribution is -2.40. The number of esters is 1. The Balaban J connectivity index is 2.36. The van der Waals surface area contributed by atoms with Crippen LogP contribution in [0.15, 0.2) is 17.0 Å². The van der Waals surface area contributed by atoms with E-state index in [0.29, 0.717) is 5.56 Å². The fraction of sp³-hybridized carbons (Fsp3) is 0.381. The normalized spacial score (nSPS) is 15.5. The fourth-order valence-electron chi connectivity index (χ4n) is 3.19. The van der Waals surface area contributed by atoms with E-state index in [1.54, 1.807) is 12.1 Å². The van der Waals surface area contributed by atoms with Crippen molar-refractivity contribution in [1.29, 1.82) is 0 Å². The Hall–Kier alpha value is -3.12. The monoisotopic (exact) mass is 497 g/mol. The summed E-state index contributed by atoms with van der Waals surface area (Å²) in [7, 11) is 2.78. The second-order valence-electron chi connectivity index (χ2n) is 6.94. The zero-order valence-corrected chi connectivity index (χ0v) is 19.8. The highest BCUT2D eigenvalue weighted by molar-refractivity contribution is 8.26. The molecule has 1 unspecified atom stereocenters. The van der Waals surface area contributed by atoms with Crippen molar-refractivity contribution in [2.24, 2.45) is 0 Å². The van der Waals surface area contributed by atoms with Gasteiger partial charge in [0.2, 0.25) is 5.75 Å². The Morgan fingerprint density at radius 3 is 2.24 bits per heavy atom. The van der Waals surface area contributed by atoms with Crippen molar-refractivity contribution in [1.82, 2.24) is 4.90 Å². The van der Waals surface area contributed by atoms with Gasteiger partial charge in [0.1, 0.15) is 4.32 Å². The number of thiocarbonyl (C=S) groups is 1. The van der Waals surface area contributed by atoms with Gasteiger partial charge in [-0.05, 0) is 36.6 Å². The molecule has 1 atom stereocenters. The maximum absolute atomic E-state index is 13.1. The molecule has 1 amide bonds. The first-order valence-corrected chi connectivity index (χ1v) is 10.9. The summed E-state index contributed by atoms with van der Waals surface area (Å²) >= 11 is 6.32. The van der Waals surface area contributed by atoms with E-state index in [9.17, 15) is 24.3 Å². The number of amides is 1. The van der Waals surface area contributed by atoms with Gasteiger partial charge in [0.05, 0.1) is 25.5 Å². The number of benzene rings is 1. The lowest BCUT2D eigenvalue weighted by Gasteiger charge is -2.25. The lowest BCUT2D eigenvalue weighted by atomic mass is 10.0. The summed E-state index contributed by atoms with van der Waals surface area (Å²) in [6.07, 6.45) is 1.41. The van der Waals surface area contributed by atoms with Crippen molar-refractivity contribution in [3.8, 4) is 17.2 Å². The number of nitrogens with zero attached hydrogens (tertiary/aromatic N) is 1. The molecular formula is C21H23NO9S2. The van der Waals surface area contributed by atoms with E-state index in [1.165, 1.54) is 32.1 Å². The van der Waals surface area contributed by atoms with Gasteiger partial charge >= 0.3 is 17.9 Å². The molecule has 12 heteroatoms. The quantitative estimate of drug-likeness (QED) is 0.202. The van der Waals surface area contributed by atoms with Crippen LogP contribution in [0.2, 0.25) is 0 Å². The number of hydrogen-bond donors (Lipinski definition) is 2. The SMILES string of the molecule is COc1cc(C=C2SC(=S)N(C(CCCC(=O)O)CC(=O)O)C2=O)cc(OC)c1OC(C)=O. The van der Waals surface area contributed by atoms with E-state index >= 15 is 0 Å². The highest BCUT2D eigenvalue weighted by Crippen LogP contribution is 2.41. The minimum atomic E-state index is -1.12. The number of hydrogen-bond acceptors (Lipinski definition) is 9. The second-order valence-corrected chi connectivity index (χ2v) is 8.61. The molecule has 178 valence electrons. The molecular weight excluding hydrogens is 474 g/mol. The number of carbonyl (C=O) groups is 4. The lowest BCUT2D eigenvalue weighted by molar-refractivity contribution is -0.138. The van der Waals surface area contributed by atoms with Crippen LogP contribution in [0.4, 0.5) is 0 Å². The molecule has 1 aromatic rings. The summed E-state index contributed by atoms with van der Waals surface area (Å²) in [5, 5.41) is 18.1. The van der Waals surface area contributed by atoms with Gasteiger partial charge in [0.25, 0.3) is 5.91 Å². The first kappa shape index (κ1) is 26.1. The zero-order chi connectivity index (χ0) is 24.7. The van der Waals surface area contributed by atoms with Crippen molar-refractivity contribution >= 4 is 58.2 Å². The summed E-state index contributed by atoms with van der Waals surface area (Å²) < 4.78 is 15.9. The van der Waals surface area contributed by atoms with Gasteiger partial charge in [0, 0.05) is 19.4 Å². The van der Waals surface area contributed by atoms with E-state index < -0.39 is 29.9 Å². The number of rotatable bonds is 11. The Morgan fingerprint density at radius 1 is 1.15 bits per heavy atom. The van der Waals surface area contributed by atoms with Crippen molar-refractivity contribution in [2.75, 3.05) is 14.2 Å². The van der Waals surface area contributed by atoms with Gasteiger partial charge < -0.3 is 24.4 Å². The fourth-order valence-corrected chi connectivity index (χ4v) is 4.59. The predicted octanol–water partition coefficient (Wildman–Crippen LogP) is 2.93. The predicted molar refractivity (Wildman–Crippen MR) is 123 cm³/mol. The summed E-state index contributed by atoms with van der Waals surface area (Å²) in [6.45, 7) is 1.24. The maximum Gasteiger partial charge on any atom is 0.308 e. The van der Waals surface area contributed by atoms with Crippen molar-refractivity contribution in [3.05, 3.63) is 22.6 Å². The van der Waals surface area contributed by atoms with E-state index in [-0.39, 0.29) is 52.2 Å². The van der Waals surface area contributed by atoms with E-state index in [0.717, 1.165) is 11.8 Å². The standard InChI is InChI=1S/C21H23NO9S2/c1-11(23)31-19-14(29-2)7-12(8-15(19)30-3)9-16-20(28)22(21(32)33-16)13(10-18(26)27)5-4-6-17(24)25/h7-9,13H,4-6,10H2,1-3H3,(H,24,25)(H,26,27). The Morgan fingerprint density at radius 2 is 1.76 bits per heavy atom. The minimum Gasteiger partial charge on any atom is -0.493 e. The third-order valence-corrected chi connectivity index (χ3v) is 5.88. The first-order chi connectivity index (χ1) is 15.6. The Kier molecular flexibility index (Phi) is 9.23. The summed E-state index contributed by atoms with van der Waals surface area (Å²) in [6, 6.07) is 2.33. The topological polar surface area (TPSA) is 140 Å². The molecule has 1 saturated heterocycles. The highest BCUT2D eigenvalue weighted by Gasteiger charge is 2.38. The third kappa shape index (κ3) is 6.93. The van der Waals surface area contributed by atoms with Crippen LogP contribution in [-0.4, -0.2) is 63.5 Å². The van der Waals surface area contributed by atoms with Crippen LogP contribution in [0, 0.1) is 0 Å². The second kappa shape index (κ2) is 11.7. The largest absolute Gasteiger partial charge is 0.493 e. The summed E-state index contributed by atoms with van der Waals surface area (Å²) in [5.74, 6) is -2.65. The van der Waals surface area contributed by atoms with Gasteiger partial charge in [-0.1, -0.05) is 24.0 Å². The number of carboxylic acid groups (broad SMARTS) is 2. The molecule has 33 heavy (non-hydrogen) atoms. The van der Waals surface area contributed by atoms with Gasteiger partial charge in [-0.25, -0.2) is 0 Å². The van der Waals surface area contributed by atoms with E-state index in [4.69, 9.17) is 31.5 Å². The zero-order valence-electron chi connectivity index (χ0n) is 18.2. The van der Waals surface area contributed by atoms with Crippen LogP contribution in [-0.2, 0) is 19.2 Å². The summed E-state index contributed by atoms with van der Waals surface area (Å²) in [4.78, 5) is 48.1. The molecule has 10 nitrogen and oxygen atoms in total. The van der Waals surface area contributed by atoms with E-state index in [2.05, 4.69) is 0 Å². The number of carbonyl (C=O) groups excluding carboxylic acids is 2. The molecule has 2 rings (SSSR count).